The van der Waals surface area contributed by atoms with Gasteiger partial charge >= 0.3 is 0 Å². The van der Waals surface area contributed by atoms with Crippen molar-refractivity contribution in [2.45, 2.75) is 71.9 Å². The molecule has 4 nitrogen and oxygen atoms in total. The Balaban J connectivity index is 4.37. The Morgan fingerprint density at radius 1 is 1.21 bits per heavy atom. The maximum absolute atomic E-state index is 12.1. The topological polar surface area (TPSA) is 75.3 Å². The fourth-order valence-electron chi connectivity index (χ4n) is 1.92. The molecule has 19 heavy (non-hydrogen) atoms. The minimum absolute atomic E-state index is 0.146. The van der Waals surface area contributed by atoms with Gasteiger partial charge in [0.05, 0.1) is 11.6 Å². The fourth-order valence-corrected chi connectivity index (χ4v) is 1.92. The van der Waals surface area contributed by atoms with Crippen molar-refractivity contribution in [2.75, 3.05) is 6.54 Å². The molecule has 0 aromatic carbocycles. The van der Waals surface area contributed by atoms with Crippen LogP contribution in [-0.2, 0) is 4.79 Å². The first kappa shape index (κ1) is 18.4. The van der Waals surface area contributed by atoms with Gasteiger partial charge in [-0.25, -0.2) is 0 Å². The molecule has 0 rings (SSSR count). The Kier molecular flexibility index (Phi) is 8.26. The van der Waals surface area contributed by atoms with E-state index in [-0.39, 0.29) is 5.91 Å². The van der Waals surface area contributed by atoms with Gasteiger partial charge in [-0.05, 0) is 31.1 Å². The summed E-state index contributed by atoms with van der Waals surface area (Å²) >= 11 is 0. The standard InChI is InChI=1S/C15H32N2O2/c1-6-15(16,14(19)17-10-12(4)5)9-13(18)8-7-11(2)3/h11-13,18H,6-10,16H2,1-5H3,(H,17,19). The Hall–Kier alpha value is -0.610. The summed E-state index contributed by atoms with van der Waals surface area (Å²) in [4.78, 5) is 12.1. The Morgan fingerprint density at radius 2 is 1.79 bits per heavy atom. The van der Waals surface area contributed by atoms with Crippen molar-refractivity contribution >= 4 is 5.91 Å². The van der Waals surface area contributed by atoms with Gasteiger partial charge in [-0.3, -0.25) is 4.79 Å². The predicted molar refractivity (Wildman–Crippen MR) is 79.8 cm³/mol. The maximum atomic E-state index is 12.1. The van der Waals surface area contributed by atoms with Crippen molar-refractivity contribution in [2.24, 2.45) is 17.6 Å². The van der Waals surface area contributed by atoms with E-state index in [4.69, 9.17) is 5.73 Å². The van der Waals surface area contributed by atoms with Gasteiger partial charge in [-0.15, -0.1) is 0 Å². The number of hydrogen-bond acceptors (Lipinski definition) is 3. The minimum atomic E-state index is -0.953. The fraction of sp³-hybridized carbons (Fsp3) is 0.933. The van der Waals surface area contributed by atoms with Crippen molar-refractivity contribution in [3.05, 3.63) is 0 Å². The third-order valence-electron chi connectivity index (χ3n) is 3.43. The summed E-state index contributed by atoms with van der Waals surface area (Å²) in [5.41, 5.74) is 5.21. The molecular weight excluding hydrogens is 240 g/mol. The molecule has 0 aliphatic heterocycles. The number of amides is 1. The zero-order chi connectivity index (χ0) is 15.1. The molecule has 0 fully saturated rings. The van der Waals surface area contributed by atoms with Crippen LogP contribution in [0.3, 0.4) is 0 Å². The Labute approximate surface area is 118 Å². The minimum Gasteiger partial charge on any atom is -0.393 e. The molecule has 2 atom stereocenters. The molecule has 0 aliphatic rings. The normalized spacial score (nSPS) is 16.5. The lowest BCUT2D eigenvalue weighted by atomic mass is 9.87. The van der Waals surface area contributed by atoms with Crippen LogP contribution in [-0.4, -0.2) is 29.2 Å². The predicted octanol–water partition coefficient (Wildman–Crippen LogP) is 2.05. The van der Waals surface area contributed by atoms with Crippen LogP contribution >= 0.6 is 0 Å². The van der Waals surface area contributed by atoms with Gasteiger partial charge in [0.25, 0.3) is 0 Å². The van der Waals surface area contributed by atoms with E-state index in [0.717, 1.165) is 6.42 Å². The van der Waals surface area contributed by atoms with E-state index in [1.54, 1.807) is 0 Å². The summed E-state index contributed by atoms with van der Waals surface area (Å²) < 4.78 is 0. The molecule has 2 unspecified atom stereocenters. The largest absolute Gasteiger partial charge is 0.393 e. The van der Waals surface area contributed by atoms with Crippen LogP contribution in [0.4, 0.5) is 0 Å². The third kappa shape index (κ3) is 7.53. The Bertz CT molecular complexity index is 267. The average molecular weight is 272 g/mol. The molecule has 4 N–H and O–H groups in total. The average Bonchev–Trinajstić information content (AvgIpc) is 2.33. The van der Waals surface area contributed by atoms with Gasteiger partial charge in [0.15, 0.2) is 0 Å². The summed E-state index contributed by atoms with van der Waals surface area (Å²) in [6, 6.07) is 0. The summed E-state index contributed by atoms with van der Waals surface area (Å²) in [5.74, 6) is 0.807. The molecule has 0 aromatic rings. The van der Waals surface area contributed by atoms with E-state index >= 15 is 0 Å². The second-order valence-electron chi connectivity index (χ2n) is 6.44. The number of carbonyl (C=O) groups excluding carboxylic acids is 1. The lowest BCUT2D eigenvalue weighted by molar-refractivity contribution is -0.128. The second-order valence-corrected chi connectivity index (χ2v) is 6.44. The van der Waals surface area contributed by atoms with Crippen molar-refractivity contribution in [3.8, 4) is 0 Å². The van der Waals surface area contributed by atoms with Gasteiger partial charge in [0, 0.05) is 13.0 Å². The van der Waals surface area contributed by atoms with Crippen molar-refractivity contribution in [3.63, 3.8) is 0 Å². The quantitative estimate of drug-likeness (QED) is 0.601. The lowest BCUT2D eigenvalue weighted by Crippen LogP contribution is -2.55. The maximum Gasteiger partial charge on any atom is 0.240 e. The molecule has 0 heterocycles. The van der Waals surface area contributed by atoms with E-state index in [1.165, 1.54) is 0 Å². The second kappa shape index (κ2) is 8.54. The first-order chi connectivity index (χ1) is 8.71. The molecule has 0 saturated carbocycles. The molecule has 0 spiro atoms. The number of hydrogen-bond donors (Lipinski definition) is 3. The van der Waals surface area contributed by atoms with E-state index < -0.39 is 11.6 Å². The van der Waals surface area contributed by atoms with Crippen molar-refractivity contribution in [1.29, 1.82) is 0 Å². The van der Waals surface area contributed by atoms with Gasteiger partial charge < -0.3 is 16.2 Å². The highest BCUT2D eigenvalue weighted by Crippen LogP contribution is 2.19. The van der Waals surface area contributed by atoms with Crippen LogP contribution in [0.5, 0.6) is 0 Å². The highest BCUT2D eigenvalue weighted by atomic mass is 16.3. The highest BCUT2D eigenvalue weighted by molar-refractivity contribution is 5.86. The Morgan fingerprint density at radius 3 is 2.21 bits per heavy atom. The molecule has 4 heteroatoms. The lowest BCUT2D eigenvalue weighted by Gasteiger charge is -2.29. The van der Waals surface area contributed by atoms with E-state index in [2.05, 4.69) is 19.2 Å². The van der Waals surface area contributed by atoms with Crippen LogP contribution in [0.1, 0.15) is 60.3 Å². The molecule has 0 aliphatic carbocycles. The van der Waals surface area contributed by atoms with E-state index in [1.807, 2.05) is 20.8 Å². The number of aliphatic hydroxyl groups excluding tert-OH is 1. The molecule has 114 valence electrons. The van der Waals surface area contributed by atoms with E-state index in [9.17, 15) is 9.90 Å². The molecule has 0 aromatic heterocycles. The summed E-state index contributed by atoms with van der Waals surface area (Å²) in [5, 5.41) is 12.9. The van der Waals surface area contributed by atoms with Crippen LogP contribution in [0.2, 0.25) is 0 Å². The summed E-state index contributed by atoms with van der Waals surface area (Å²) in [6.45, 7) is 10.9. The van der Waals surface area contributed by atoms with Crippen molar-refractivity contribution < 1.29 is 9.90 Å². The van der Waals surface area contributed by atoms with Crippen LogP contribution in [0.25, 0.3) is 0 Å². The van der Waals surface area contributed by atoms with Crippen LogP contribution in [0, 0.1) is 11.8 Å². The summed E-state index contributed by atoms with van der Waals surface area (Å²) in [7, 11) is 0. The van der Waals surface area contributed by atoms with Crippen LogP contribution < -0.4 is 11.1 Å². The third-order valence-corrected chi connectivity index (χ3v) is 3.43. The van der Waals surface area contributed by atoms with E-state index in [0.29, 0.717) is 37.6 Å². The monoisotopic (exact) mass is 272 g/mol. The molecule has 0 saturated heterocycles. The number of nitrogens with two attached hydrogens (primary N) is 1. The first-order valence-corrected chi connectivity index (χ1v) is 7.46. The first-order valence-electron chi connectivity index (χ1n) is 7.46. The van der Waals surface area contributed by atoms with Gasteiger partial charge in [-0.1, -0.05) is 34.6 Å². The highest BCUT2D eigenvalue weighted by Gasteiger charge is 2.34. The zero-order valence-electron chi connectivity index (χ0n) is 13.2. The number of carbonyl (C=O) groups is 1. The molecule has 0 bridgehead atoms. The van der Waals surface area contributed by atoms with Crippen LogP contribution in [0.15, 0.2) is 0 Å². The number of nitrogens with one attached hydrogen (secondary N) is 1. The SMILES string of the molecule is CCC(N)(CC(O)CCC(C)C)C(=O)NCC(C)C. The smallest absolute Gasteiger partial charge is 0.240 e. The zero-order valence-corrected chi connectivity index (χ0v) is 13.2. The molecule has 1 amide bonds. The van der Waals surface area contributed by atoms with Gasteiger partial charge in [0.2, 0.25) is 5.91 Å². The van der Waals surface area contributed by atoms with Gasteiger partial charge in [-0.2, -0.15) is 0 Å². The summed E-state index contributed by atoms with van der Waals surface area (Å²) in [6.07, 6.45) is 2.02. The molecule has 0 radical (unpaired) electrons. The molecular formula is C15H32N2O2. The number of aliphatic hydroxyl groups is 1. The van der Waals surface area contributed by atoms with Gasteiger partial charge in [0.1, 0.15) is 0 Å². The number of rotatable bonds is 9. The van der Waals surface area contributed by atoms with Crippen molar-refractivity contribution in [1.82, 2.24) is 5.32 Å².